The fraction of sp³-hybridized carbons (Fsp3) is 0.229. The molecule has 6 nitrogen and oxygen atoms in total. The molecular weight excluding hydrogens is 542 g/mol. The third-order valence-corrected chi connectivity index (χ3v) is 9.95. The lowest BCUT2D eigenvalue weighted by atomic mass is 9.96. The Morgan fingerprint density at radius 2 is 1.31 bits per heavy atom. The van der Waals surface area contributed by atoms with Gasteiger partial charge in [-0.25, -0.2) is 8.42 Å². The number of hydrogen-bond donors (Lipinski definition) is 0. The van der Waals surface area contributed by atoms with Crippen molar-refractivity contribution < 1.29 is 13.2 Å². The van der Waals surface area contributed by atoms with Crippen LogP contribution in [0, 0.1) is 6.92 Å². The average molecular weight is 578 g/mol. The molecule has 1 aromatic heterocycles. The fourth-order valence-electron chi connectivity index (χ4n) is 6.01. The summed E-state index contributed by atoms with van der Waals surface area (Å²) in [6, 6.07) is 36.1. The molecule has 2 heterocycles. The SMILES string of the molecule is Cc1ccccc1CS(=O)(=O)c1cn(CC(=O)N2CCN(C(c3ccccc3)c3ccccc3)CC2)c2ccccc12. The molecule has 4 aromatic carbocycles. The minimum Gasteiger partial charge on any atom is -0.339 e. The highest BCUT2D eigenvalue weighted by molar-refractivity contribution is 7.90. The van der Waals surface area contributed by atoms with Gasteiger partial charge in [-0.1, -0.05) is 103 Å². The number of carbonyl (C=O) groups excluding carboxylic acids is 1. The van der Waals surface area contributed by atoms with E-state index in [-0.39, 0.29) is 29.1 Å². The lowest BCUT2D eigenvalue weighted by Gasteiger charge is -2.40. The quantitative estimate of drug-likeness (QED) is 0.232. The van der Waals surface area contributed by atoms with Gasteiger partial charge in [0, 0.05) is 43.3 Å². The molecule has 0 atom stereocenters. The number of aryl methyl sites for hydroxylation is 1. The van der Waals surface area contributed by atoms with Gasteiger partial charge < -0.3 is 9.47 Å². The van der Waals surface area contributed by atoms with E-state index < -0.39 is 9.84 Å². The molecule has 1 saturated heterocycles. The highest BCUT2D eigenvalue weighted by Crippen LogP contribution is 2.31. The Bertz CT molecular complexity index is 1750. The highest BCUT2D eigenvalue weighted by atomic mass is 32.2. The Morgan fingerprint density at radius 1 is 0.738 bits per heavy atom. The fourth-order valence-corrected chi connectivity index (χ4v) is 7.69. The molecule has 0 bridgehead atoms. The Morgan fingerprint density at radius 3 is 1.95 bits per heavy atom. The van der Waals surface area contributed by atoms with Crippen LogP contribution in [-0.2, 0) is 26.9 Å². The second-order valence-corrected chi connectivity index (χ2v) is 12.9. The van der Waals surface area contributed by atoms with Crippen molar-refractivity contribution in [1.82, 2.24) is 14.4 Å². The van der Waals surface area contributed by atoms with Crippen molar-refractivity contribution in [2.75, 3.05) is 26.2 Å². The number of rotatable bonds is 8. The van der Waals surface area contributed by atoms with Gasteiger partial charge in [0.1, 0.15) is 6.54 Å². The van der Waals surface area contributed by atoms with Gasteiger partial charge in [-0.05, 0) is 35.2 Å². The molecule has 0 radical (unpaired) electrons. The number of piperazine rings is 1. The number of sulfone groups is 1. The smallest absolute Gasteiger partial charge is 0.242 e. The van der Waals surface area contributed by atoms with Crippen LogP contribution < -0.4 is 0 Å². The monoisotopic (exact) mass is 577 g/mol. The molecular formula is C35H35N3O3S. The van der Waals surface area contributed by atoms with Crippen LogP contribution in [0.1, 0.15) is 28.3 Å². The molecule has 1 fully saturated rings. The van der Waals surface area contributed by atoms with Gasteiger partial charge >= 0.3 is 0 Å². The summed E-state index contributed by atoms with van der Waals surface area (Å²) in [5, 5.41) is 0.650. The summed E-state index contributed by atoms with van der Waals surface area (Å²) in [5.74, 6) is -0.0812. The van der Waals surface area contributed by atoms with Crippen molar-refractivity contribution in [1.29, 1.82) is 0 Å². The zero-order valence-corrected chi connectivity index (χ0v) is 24.6. The Kier molecular flexibility index (Phi) is 7.96. The largest absolute Gasteiger partial charge is 0.339 e. The van der Waals surface area contributed by atoms with Gasteiger partial charge in [-0.15, -0.1) is 0 Å². The number of hydrogen-bond acceptors (Lipinski definition) is 4. The molecule has 1 aliphatic rings. The maximum absolute atomic E-state index is 13.6. The van der Waals surface area contributed by atoms with Crippen LogP contribution >= 0.6 is 0 Å². The van der Waals surface area contributed by atoms with Crippen LogP contribution in [0.25, 0.3) is 10.9 Å². The summed E-state index contributed by atoms with van der Waals surface area (Å²) in [5.41, 5.74) is 4.96. The molecule has 0 saturated carbocycles. The summed E-state index contributed by atoms with van der Waals surface area (Å²) in [4.78, 5) is 18.2. The van der Waals surface area contributed by atoms with E-state index in [2.05, 4.69) is 53.4 Å². The van der Waals surface area contributed by atoms with Crippen LogP contribution in [-0.4, -0.2) is 54.9 Å². The number of aromatic nitrogens is 1. The molecule has 214 valence electrons. The van der Waals surface area contributed by atoms with E-state index in [4.69, 9.17) is 0 Å². The minimum atomic E-state index is -3.62. The van der Waals surface area contributed by atoms with Gasteiger partial charge in [0.25, 0.3) is 0 Å². The number of fused-ring (bicyclic) bond motifs is 1. The number of nitrogens with zero attached hydrogens (tertiary/aromatic N) is 3. The van der Waals surface area contributed by atoms with Crippen molar-refractivity contribution >= 4 is 26.6 Å². The van der Waals surface area contributed by atoms with E-state index in [1.54, 1.807) is 10.8 Å². The molecule has 0 N–H and O–H groups in total. The first kappa shape index (κ1) is 27.9. The van der Waals surface area contributed by atoms with Crippen molar-refractivity contribution in [3.8, 4) is 0 Å². The van der Waals surface area contributed by atoms with E-state index in [0.29, 0.717) is 18.5 Å². The molecule has 5 aromatic rings. The molecule has 6 rings (SSSR count). The van der Waals surface area contributed by atoms with Crippen LogP contribution in [0.2, 0.25) is 0 Å². The number of benzene rings is 4. The van der Waals surface area contributed by atoms with Crippen molar-refractivity contribution in [2.24, 2.45) is 0 Å². The van der Waals surface area contributed by atoms with Crippen LogP contribution in [0.15, 0.2) is 120 Å². The van der Waals surface area contributed by atoms with Crippen LogP contribution in [0.3, 0.4) is 0 Å². The maximum atomic E-state index is 13.6. The third kappa shape index (κ3) is 5.75. The number of carbonyl (C=O) groups is 1. The molecule has 7 heteroatoms. The van der Waals surface area contributed by atoms with Gasteiger partial charge in [0.2, 0.25) is 5.91 Å². The molecule has 0 unspecified atom stereocenters. The number of para-hydroxylation sites is 1. The van der Waals surface area contributed by atoms with E-state index in [0.717, 1.165) is 29.7 Å². The van der Waals surface area contributed by atoms with Gasteiger partial charge in [-0.3, -0.25) is 9.69 Å². The van der Waals surface area contributed by atoms with E-state index in [1.165, 1.54) is 11.1 Å². The van der Waals surface area contributed by atoms with Gasteiger partial charge in [0.05, 0.1) is 16.7 Å². The normalized spacial score (nSPS) is 14.5. The Balaban J connectivity index is 1.19. The highest BCUT2D eigenvalue weighted by Gasteiger charge is 2.29. The van der Waals surface area contributed by atoms with Crippen molar-refractivity contribution in [2.45, 2.75) is 30.2 Å². The lowest BCUT2D eigenvalue weighted by molar-refractivity contribution is -0.133. The van der Waals surface area contributed by atoms with Gasteiger partial charge in [-0.2, -0.15) is 0 Å². The second-order valence-electron chi connectivity index (χ2n) is 11.0. The first-order chi connectivity index (χ1) is 20.4. The van der Waals surface area contributed by atoms with Crippen molar-refractivity contribution in [3.63, 3.8) is 0 Å². The van der Waals surface area contributed by atoms with E-state index in [9.17, 15) is 13.2 Å². The predicted octanol–water partition coefficient (Wildman–Crippen LogP) is 5.86. The standard InChI is InChI=1S/C35H35N3O3S/c1-27-12-8-9-17-30(27)26-42(40,41)33-24-38(32-19-11-10-18-31(32)33)25-34(39)36-20-22-37(23-21-36)35(28-13-4-2-5-14-28)29-15-6-3-7-16-29/h2-19,24,35H,20-23,25-26H2,1H3. The minimum absolute atomic E-state index is 0.00535. The number of amides is 1. The third-order valence-electron chi connectivity index (χ3n) is 8.26. The lowest BCUT2D eigenvalue weighted by Crippen LogP contribution is -2.50. The predicted molar refractivity (Wildman–Crippen MR) is 167 cm³/mol. The molecule has 0 spiro atoms. The molecule has 1 amide bonds. The summed E-state index contributed by atoms with van der Waals surface area (Å²) in [6.45, 7) is 4.76. The van der Waals surface area contributed by atoms with Gasteiger partial charge in [0.15, 0.2) is 9.84 Å². The molecule has 42 heavy (non-hydrogen) atoms. The summed E-state index contributed by atoms with van der Waals surface area (Å²) >= 11 is 0. The summed E-state index contributed by atoms with van der Waals surface area (Å²) < 4.78 is 29.0. The Hall–Kier alpha value is -4.20. The second kappa shape index (κ2) is 12.0. The first-order valence-electron chi connectivity index (χ1n) is 14.4. The van der Waals surface area contributed by atoms with Crippen LogP contribution in [0.4, 0.5) is 0 Å². The van der Waals surface area contributed by atoms with Crippen molar-refractivity contribution in [3.05, 3.63) is 138 Å². The summed E-state index contributed by atoms with van der Waals surface area (Å²) in [6.07, 6.45) is 1.65. The topological polar surface area (TPSA) is 62.6 Å². The van der Waals surface area contributed by atoms with E-state index >= 15 is 0 Å². The molecule has 1 aliphatic heterocycles. The maximum Gasteiger partial charge on any atom is 0.242 e. The van der Waals surface area contributed by atoms with Crippen LogP contribution in [0.5, 0.6) is 0 Å². The molecule has 0 aliphatic carbocycles. The first-order valence-corrected chi connectivity index (χ1v) is 16.0. The zero-order valence-electron chi connectivity index (χ0n) is 23.8. The van der Waals surface area contributed by atoms with E-state index in [1.807, 2.05) is 72.5 Å². The summed E-state index contributed by atoms with van der Waals surface area (Å²) in [7, 11) is -3.62. The Labute approximate surface area is 247 Å². The zero-order chi connectivity index (χ0) is 29.1. The average Bonchev–Trinajstić information content (AvgIpc) is 3.39.